The molecule has 0 saturated carbocycles. The highest BCUT2D eigenvalue weighted by atomic mass is 19.4. The zero-order valence-corrected chi connectivity index (χ0v) is 15.1. The van der Waals surface area contributed by atoms with Gasteiger partial charge in [0.05, 0.1) is 13.7 Å². The van der Waals surface area contributed by atoms with Crippen molar-refractivity contribution in [1.82, 2.24) is 9.58 Å². The number of unbranched alkanes of at least 4 members (excludes halogenated alkanes) is 1. The first-order valence-corrected chi connectivity index (χ1v) is 8.25. The van der Waals surface area contributed by atoms with Crippen molar-refractivity contribution in [2.45, 2.75) is 38.9 Å². The van der Waals surface area contributed by atoms with E-state index in [1.165, 1.54) is 0 Å². The van der Waals surface area contributed by atoms with Crippen LogP contribution in [0.2, 0.25) is 0 Å². The van der Waals surface area contributed by atoms with Gasteiger partial charge in [-0.2, -0.15) is 13.2 Å². The summed E-state index contributed by atoms with van der Waals surface area (Å²) in [6.45, 7) is 2.31. The molecule has 2 rings (SSSR count). The number of nitrogens with one attached hydrogen (secondary N) is 1. The van der Waals surface area contributed by atoms with Crippen molar-refractivity contribution in [3.63, 3.8) is 0 Å². The smallest absolute Gasteiger partial charge is 0.408 e. The first-order chi connectivity index (χ1) is 12.6. The Morgan fingerprint density at radius 1 is 1.37 bits per heavy atom. The Morgan fingerprint density at radius 2 is 2.04 bits per heavy atom. The van der Waals surface area contributed by atoms with Crippen molar-refractivity contribution in [3.05, 3.63) is 27.7 Å². The average Bonchev–Trinajstić information content (AvgIpc) is 2.61. The van der Waals surface area contributed by atoms with Gasteiger partial charge in [-0.3, -0.25) is 14.3 Å². The third kappa shape index (κ3) is 4.01. The molecule has 11 heteroatoms. The number of carbonyl (C=O) groups excluding carboxylic acids is 2. The molecule has 0 aliphatic carbocycles. The average molecular weight is 391 g/mol. The Balaban J connectivity index is 2.56. The fourth-order valence-corrected chi connectivity index (χ4v) is 2.47. The van der Waals surface area contributed by atoms with Gasteiger partial charge >= 0.3 is 12.1 Å². The standard InChI is InChI=1S/C16H20F3N3O5/c1-4-5-6-27-13-11-14(24)21(9(2)16(17,18)19)8-20-22(11)7-10(12(13)23)15(25)26-3/h7,9,20H,4-6,8H2,1-3H3/t9-/m1/s1. The first kappa shape index (κ1) is 20.6. The number of hydrogen-bond acceptors (Lipinski definition) is 6. The molecule has 150 valence electrons. The number of alkyl halides is 3. The predicted octanol–water partition coefficient (Wildman–Crippen LogP) is 1.72. The van der Waals surface area contributed by atoms with Crippen LogP contribution in [0, 0.1) is 0 Å². The highest BCUT2D eigenvalue weighted by molar-refractivity contribution is 5.98. The van der Waals surface area contributed by atoms with Gasteiger partial charge in [0, 0.05) is 6.20 Å². The number of amides is 1. The van der Waals surface area contributed by atoms with E-state index in [2.05, 4.69) is 10.2 Å². The topological polar surface area (TPSA) is 89.9 Å². The van der Waals surface area contributed by atoms with Crippen LogP contribution in [-0.2, 0) is 4.74 Å². The quantitative estimate of drug-likeness (QED) is 0.587. The molecule has 0 radical (unpaired) electrons. The second-order valence-electron chi connectivity index (χ2n) is 5.92. The highest BCUT2D eigenvalue weighted by Crippen LogP contribution is 2.28. The van der Waals surface area contributed by atoms with Gasteiger partial charge in [0.25, 0.3) is 5.91 Å². The Hall–Kier alpha value is -2.72. The number of fused-ring (bicyclic) bond motifs is 1. The molecule has 0 fully saturated rings. The maximum Gasteiger partial charge on any atom is 0.408 e. The van der Waals surface area contributed by atoms with Gasteiger partial charge in [0.1, 0.15) is 18.3 Å². The third-order valence-corrected chi connectivity index (χ3v) is 4.13. The molecule has 0 saturated heterocycles. The van der Waals surface area contributed by atoms with Crippen LogP contribution in [0.4, 0.5) is 13.2 Å². The monoisotopic (exact) mass is 391 g/mol. The molecule has 1 aromatic rings. The maximum atomic E-state index is 13.0. The molecule has 1 aliphatic heterocycles. The number of ether oxygens (including phenoxy) is 2. The van der Waals surface area contributed by atoms with E-state index in [0.29, 0.717) is 11.3 Å². The predicted molar refractivity (Wildman–Crippen MR) is 88.4 cm³/mol. The second kappa shape index (κ2) is 7.89. The van der Waals surface area contributed by atoms with Gasteiger partial charge in [-0.25, -0.2) is 4.79 Å². The molecule has 0 spiro atoms. The lowest BCUT2D eigenvalue weighted by Crippen LogP contribution is -2.54. The molecule has 2 heterocycles. The minimum atomic E-state index is -4.64. The highest BCUT2D eigenvalue weighted by Gasteiger charge is 2.45. The number of rotatable bonds is 6. The summed E-state index contributed by atoms with van der Waals surface area (Å²) in [5.74, 6) is -2.46. The van der Waals surface area contributed by atoms with Crippen LogP contribution in [0.15, 0.2) is 11.0 Å². The van der Waals surface area contributed by atoms with Crippen molar-refractivity contribution in [2.75, 3.05) is 25.8 Å². The first-order valence-electron chi connectivity index (χ1n) is 8.25. The SMILES string of the molecule is CCCCOc1c2n(cc(C(=O)OC)c1=O)NCN([C@H](C)C(F)(F)F)C2=O. The number of esters is 1. The molecule has 1 aromatic heterocycles. The lowest BCUT2D eigenvalue weighted by molar-refractivity contribution is -0.172. The van der Waals surface area contributed by atoms with Gasteiger partial charge in [-0.1, -0.05) is 13.3 Å². The van der Waals surface area contributed by atoms with E-state index in [4.69, 9.17) is 4.74 Å². The summed E-state index contributed by atoms with van der Waals surface area (Å²) in [4.78, 5) is 37.7. The van der Waals surface area contributed by atoms with Crippen LogP contribution in [0.5, 0.6) is 5.75 Å². The summed E-state index contributed by atoms with van der Waals surface area (Å²) in [5, 5.41) is 0. The zero-order chi connectivity index (χ0) is 20.4. The summed E-state index contributed by atoms with van der Waals surface area (Å²) in [7, 11) is 1.08. The molecule has 27 heavy (non-hydrogen) atoms. The number of carbonyl (C=O) groups is 2. The van der Waals surface area contributed by atoms with E-state index < -0.39 is 53.2 Å². The summed E-state index contributed by atoms with van der Waals surface area (Å²) < 4.78 is 50.1. The number of methoxy groups -OCH3 is 1. The molecule has 0 bridgehead atoms. The second-order valence-corrected chi connectivity index (χ2v) is 5.92. The van der Waals surface area contributed by atoms with Crippen molar-refractivity contribution in [1.29, 1.82) is 0 Å². The van der Waals surface area contributed by atoms with Gasteiger partial charge < -0.3 is 19.8 Å². The van der Waals surface area contributed by atoms with E-state index in [0.717, 1.165) is 31.3 Å². The summed E-state index contributed by atoms with van der Waals surface area (Å²) in [6, 6.07) is -2.08. The molecule has 0 unspecified atom stereocenters. The van der Waals surface area contributed by atoms with Crippen LogP contribution in [-0.4, -0.2) is 54.1 Å². The Kier molecular flexibility index (Phi) is 6.01. The van der Waals surface area contributed by atoms with Crippen molar-refractivity contribution >= 4 is 11.9 Å². The summed E-state index contributed by atoms with van der Waals surface area (Å²) in [5.41, 5.74) is 0.858. The number of nitrogens with zero attached hydrogens (tertiary/aromatic N) is 2. The van der Waals surface area contributed by atoms with Crippen molar-refractivity contribution in [2.24, 2.45) is 0 Å². The lowest BCUT2D eigenvalue weighted by atomic mass is 10.1. The zero-order valence-electron chi connectivity index (χ0n) is 15.1. The van der Waals surface area contributed by atoms with Crippen LogP contribution in [0.25, 0.3) is 0 Å². The largest absolute Gasteiger partial charge is 0.487 e. The number of pyridine rings is 1. The lowest BCUT2D eigenvalue weighted by Gasteiger charge is -2.36. The number of halogens is 3. The minimum Gasteiger partial charge on any atom is -0.487 e. The molecule has 0 aromatic carbocycles. The van der Waals surface area contributed by atoms with Gasteiger partial charge in [-0.15, -0.1) is 0 Å². The van der Waals surface area contributed by atoms with E-state index in [-0.39, 0.29) is 6.61 Å². The van der Waals surface area contributed by atoms with Gasteiger partial charge in [0.2, 0.25) is 5.43 Å². The van der Waals surface area contributed by atoms with Crippen molar-refractivity contribution in [3.8, 4) is 5.75 Å². The number of aromatic nitrogens is 1. The van der Waals surface area contributed by atoms with Crippen LogP contribution < -0.4 is 15.6 Å². The van der Waals surface area contributed by atoms with E-state index in [1.807, 2.05) is 6.92 Å². The van der Waals surface area contributed by atoms with Gasteiger partial charge in [-0.05, 0) is 13.3 Å². The Labute approximate surface area is 152 Å². The van der Waals surface area contributed by atoms with E-state index in [1.54, 1.807) is 0 Å². The van der Waals surface area contributed by atoms with Crippen LogP contribution >= 0.6 is 0 Å². The fraction of sp³-hybridized carbons (Fsp3) is 0.562. The Morgan fingerprint density at radius 3 is 2.59 bits per heavy atom. The molecule has 1 amide bonds. The van der Waals surface area contributed by atoms with E-state index in [9.17, 15) is 27.6 Å². The number of hydrogen-bond donors (Lipinski definition) is 1. The minimum absolute atomic E-state index is 0.0610. The van der Waals surface area contributed by atoms with Gasteiger partial charge in [0.15, 0.2) is 11.4 Å². The third-order valence-electron chi connectivity index (χ3n) is 4.13. The normalized spacial score (nSPS) is 15.0. The summed E-state index contributed by atoms with van der Waals surface area (Å²) >= 11 is 0. The molecule has 8 nitrogen and oxygen atoms in total. The molecular weight excluding hydrogens is 371 g/mol. The Bertz CT molecular complexity index is 791. The fourth-order valence-electron chi connectivity index (χ4n) is 2.47. The molecule has 1 aliphatic rings. The maximum absolute atomic E-state index is 13.0. The summed E-state index contributed by atoms with van der Waals surface area (Å²) in [6.07, 6.45) is -2.35. The van der Waals surface area contributed by atoms with Crippen LogP contribution in [0.1, 0.15) is 47.5 Å². The molecular formula is C16H20F3N3O5. The molecule has 1 atom stereocenters. The van der Waals surface area contributed by atoms with Crippen molar-refractivity contribution < 1.29 is 32.2 Å². The molecule has 1 N–H and O–H groups in total. The van der Waals surface area contributed by atoms with Crippen LogP contribution in [0.3, 0.4) is 0 Å². The van der Waals surface area contributed by atoms with E-state index >= 15 is 0 Å².